The molecule has 0 fully saturated rings. The number of nitrogens with zero attached hydrogens (tertiary/aromatic N) is 1. The van der Waals surface area contributed by atoms with Crippen LogP contribution in [-0.4, -0.2) is 17.9 Å². The van der Waals surface area contributed by atoms with E-state index in [1.54, 1.807) is 30.5 Å². The zero-order valence-corrected chi connectivity index (χ0v) is 20.0. The molecular formula is C31H24F3NO2. The van der Waals surface area contributed by atoms with Gasteiger partial charge in [-0.3, -0.25) is 4.99 Å². The number of methoxy groups -OCH3 is 1. The molecule has 0 aliphatic heterocycles. The highest BCUT2D eigenvalue weighted by Crippen LogP contribution is 2.48. The first-order chi connectivity index (χ1) is 17.9. The van der Waals surface area contributed by atoms with Gasteiger partial charge in [0.15, 0.2) is 0 Å². The number of hydrogen-bond donors (Lipinski definition) is 1. The first-order valence-corrected chi connectivity index (χ1v) is 11.8. The first kappa shape index (κ1) is 24.5. The number of aliphatic imine (C=N–C) groups is 1. The molecule has 5 rings (SSSR count). The Morgan fingerprint density at radius 3 is 2.05 bits per heavy atom. The van der Waals surface area contributed by atoms with E-state index >= 15 is 0 Å². The van der Waals surface area contributed by atoms with Crippen LogP contribution in [0.4, 0.5) is 13.2 Å². The molecule has 0 spiro atoms. The van der Waals surface area contributed by atoms with Crippen molar-refractivity contribution in [3.8, 4) is 16.9 Å². The molecule has 0 heterocycles. The zero-order chi connectivity index (χ0) is 26.0. The number of aliphatic hydroxyl groups is 1. The van der Waals surface area contributed by atoms with E-state index in [0.29, 0.717) is 28.0 Å². The third-order valence-corrected chi connectivity index (χ3v) is 6.54. The number of benzene rings is 4. The summed E-state index contributed by atoms with van der Waals surface area (Å²) in [6.45, 7) is 0. The number of alkyl halides is 3. The molecule has 4 aromatic rings. The molecule has 6 heteroatoms. The van der Waals surface area contributed by atoms with Crippen LogP contribution in [0.15, 0.2) is 114 Å². The second-order valence-electron chi connectivity index (χ2n) is 8.77. The molecule has 1 aliphatic carbocycles. The minimum Gasteiger partial charge on any atom is -0.497 e. The van der Waals surface area contributed by atoms with Gasteiger partial charge in [-0.1, -0.05) is 78.9 Å². The average Bonchev–Trinajstić information content (AvgIpc) is 2.92. The summed E-state index contributed by atoms with van der Waals surface area (Å²) in [5.74, 6) is -0.0853. The molecule has 0 bridgehead atoms. The van der Waals surface area contributed by atoms with Gasteiger partial charge in [0.2, 0.25) is 0 Å². The summed E-state index contributed by atoms with van der Waals surface area (Å²) >= 11 is 0. The van der Waals surface area contributed by atoms with Crippen molar-refractivity contribution in [1.82, 2.24) is 0 Å². The standard InChI is InChI=1S/C31H24F3NO2/c1-37-23-13-15-25-27-18-22(31(32,33)34)12-14-24(27)26(30(36)28(25)19-23)16-17-35-29(20-8-4-2-5-9-20)21-10-6-3-7-11-21/h2-19,26,30,36H,1H3/b17-16+/t26-,30+/m0/s1. The molecule has 186 valence electrons. The number of fused-ring (bicyclic) bond motifs is 3. The number of ether oxygens (including phenoxy) is 1. The lowest BCUT2D eigenvalue weighted by Gasteiger charge is -2.31. The lowest BCUT2D eigenvalue weighted by atomic mass is 9.76. The molecule has 0 unspecified atom stereocenters. The lowest BCUT2D eigenvalue weighted by Crippen LogP contribution is -2.17. The predicted molar refractivity (Wildman–Crippen MR) is 139 cm³/mol. The van der Waals surface area contributed by atoms with Crippen molar-refractivity contribution in [3.63, 3.8) is 0 Å². The van der Waals surface area contributed by atoms with Gasteiger partial charge in [0.1, 0.15) is 5.75 Å². The van der Waals surface area contributed by atoms with Gasteiger partial charge in [0.05, 0.1) is 24.5 Å². The molecule has 0 amide bonds. The van der Waals surface area contributed by atoms with Crippen molar-refractivity contribution < 1.29 is 23.0 Å². The highest BCUT2D eigenvalue weighted by molar-refractivity contribution is 6.13. The molecule has 0 saturated heterocycles. The molecule has 1 aliphatic rings. The molecule has 1 N–H and O–H groups in total. The number of halogens is 3. The maximum atomic E-state index is 13.5. The van der Waals surface area contributed by atoms with E-state index in [1.165, 1.54) is 13.2 Å². The van der Waals surface area contributed by atoms with Crippen molar-refractivity contribution in [2.45, 2.75) is 18.2 Å². The van der Waals surface area contributed by atoms with E-state index in [9.17, 15) is 18.3 Å². The number of hydrogen-bond acceptors (Lipinski definition) is 3. The van der Waals surface area contributed by atoms with Crippen LogP contribution < -0.4 is 4.74 Å². The molecule has 4 aromatic carbocycles. The minimum atomic E-state index is -4.48. The quantitative estimate of drug-likeness (QED) is 0.288. The molecule has 0 radical (unpaired) electrons. The third kappa shape index (κ3) is 4.93. The molecule has 0 saturated carbocycles. The van der Waals surface area contributed by atoms with E-state index < -0.39 is 23.8 Å². The third-order valence-electron chi connectivity index (χ3n) is 6.54. The van der Waals surface area contributed by atoms with Crippen LogP contribution in [0.3, 0.4) is 0 Å². The fraction of sp³-hybridized carbons (Fsp3) is 0.129. The lowest BCUT2D eigenvalue weighted by molar-refractivity contribution is -0.137. The van der Waals surface area contributed by atoms with E-state index in [-0.39, 0.29) is 0 Å². The summed E-state index contributed by atoms with van der Waals surface area (Å²) in [6.07, 6.45) is -2.10. The Balaban J connectivity index is 1.61. The van der Waals surface area contributed by atoms with Crippen molar-refractivity contribution in [3.05, 3.63) is 137 Å². The summed E-state index contributed by atoms with van der Waals surface area (Å²) in [5, 5.41) is 11.3. The van der Waals surface area contributed by atoms with Crippen molar-refractivity contribution in [1.29, 1.82) is 0 Å². The van der Waals surface area contributed by atoms with Gasteiger partial charge in [-0.25, -0.2) is 0 Å². The van der Waals surface area contributed by atoms with E-state index in [4.69, 9.17) is 9.73 Å². The van der Waals surface area contributed by atoms with Crippen LogP contribution in [0.2, 0.25) is 0 Å². The molecule has 3 nitrogen and oxygen atoms in total. The summed E-state index contributed by atoms with van der Waals surface area (Å²) in [5.41, 5.74) is 3.96. The summed E-state index contributed by atoms with van der Waals surface area (Å²) in [6, 6.07) is 28.1. The average molecular weight is 500 g/mol. The van der Waals surface area contributed by atoms with Crippen molar-refractivity contribution in [2.75, 3.05) is 7.11 Å². The highest BCUT2D eigenvalue weighted by Gasteiger charge is 2.36. The molecular weight excluding hydrogens is 475 g/mol. The van der Waals surface area contributed by atoms with E-state index in [0.717, 1.165) is 29.0 Å². The van der Waals surface area contributed by atoms with Crippen molar-refractivity contribution >= 4 is 5.71 Å². The van der Waals surface area contributed by atoms with Gasteiger partial charge in [-0.15, -0.1) is 0 Å². The maximum Gasteiger partial charge on any atom is 0.416 e. The van der Waals surface area contributed by atoms with E-state index in [1.807, 2.05) is 60.7 Å². The number of rotatable bonds is 5. The van der Waals surface area contributed by atoms with Gasteiger partial charge in [-0.05, 0) is 46.5 Å². The Morgan fingerprint density at radius 2 is 1.46 bits per heavy atom. The van der Waals surface area contributed by atoms with Crippen LogP contribution >= 0.6 is 0 Å². The highest BCUT2D eigenvalue weighted by atomic mass is 19.4. The second kappa shape index (κ2) is 10.1. The maximum absolute atomic E-state index is 13.5. The second-order valence-corrected chi connectivity index (χ2v) is 8.77. The minimum absolute atomic E-state index is 0.433. The first-order valence-electron chi connectivity index (χ1n) is 11.8. The van der Waals surface area contributed by atoms with Crippen molar-refractivity contribution in [2.24, 2.45) is 4.99 Å². The van der Waals surface area contributed by atoms with E-state index in [2.05, 4.69) is 0 Å². The monoisotopic (exact) mass is 499 g/mol. The Labute approximate surface area is 213 Å². The Kier molecular flexibility index (Phi) is 6.68. The fourth-order valence-electron chi connectivity index (χ4n) is 4.70. The topological polar surface area (TPSA) is 41.8 Å². The van der Waals surface area contributed by atoms with Gasteiger partial charge in [-0.2, -0.15) is 13.2 Å². The van der Waals surface area contributed by atoms with Gasteiger partial charge in [0.25, 0.3) is 0 Å². The summed E-state index contributed by atoms with van der Waals surface area (Å²) < 4.78 is 45.9. The predicted octanol–water partition coefficient (Wildman–Crippen LogP) is 7.56. The van der Waals surface area contributed by atoms with Crippen LogP contribution in [0, 0.1) is 0 Å². The van der Waals surface area contributed by atoms with Gasteiger partial charge >= 0.3 is 6.18 Å². The van der Waals surface area contributed by atoms with Gasteiger partial charge < -0.3 is 9.84 Å². The van der Waals surface area contributed by atoms with Gasteiger partial charge in [0, 0.05) is 23.2 Å². The van der Waals surface area contributed by atoms with Crippen LogP contribution in [-0.2, 0) is 6.18 Å². The van der Waals surface area contributed by atoms with Crippen LogP contribution in [0.5, 0.6) is 5.75 Å². The molecule has 0 aromatic heterocycles. The Hall–Kier alpha value is -4.16. The molecule has 2 atom stereocenters. The Morgan fingerprint density at radius 1 is 0.811 bits per heavy atom. The SMILES string of the molecule is COc1ccc2c(c1)[C@H](O)[C@@H](/C=C/N=C(c1ccccc1)c1ccccc1)c1ccc(C(F)(F)F)cc1-2. The fourth-order valence-corrected chi connectivity index (χ4v) is 4.70. The smallest absolute Gasteiger partial charge is 0.416 e. The summed E-state index contributed by atoms with van der Waals surface area (Å²) in [4.78, 5) is 4.73. The normalized spacial score (nSPS) is 16.7. The molecule has 37 heavy (non-hydrogen) atoms. The largest absolute Gasteiger partial charge is 0.497 e. The Bertz CT molecular complexity index is 1420. The summed E-state index contributed by atoms with van der Waals surface area (Å²) in [7, 11) is 1.51. The van der Waals surface area contributed by atoms with Crippen LogP contribution in [0.25, 0.3) is 11.1 Å². The van der Waals surface area contributed by atoms with Crippen LogP contribution in [0.1, 0.15) is 39.8 Å². The number of aliphatic hydroxyl groups excluding tert-OH is 1. The zero-order valence-electron chi connectivity index (χ0n) is 20.0.